The molecule has 150 valence electrons. The minimum absolute atomic E-state index is 0.168. The SMILES string of the molecule is CN1CCN(CCCNC(=O)Nc2ccc(Oc3ccccc3F)cc2)CC1. The maximum absolute atomic E-state index is 13.6. The van der Waals surface area contributed by atoms with E-state index in [1.54, 1.807) is 42.5 Å². The summed E-state index contributed by atoms with van der Waals surface area (Å²) in [7, 11) is 2.14. The van der Waals surface area contributed by atoms with Gasteiger partial charge < -0.3 is 25.2 Å². The van der Waals surface area contributed by atoms with Gasteiger partial charge in [0.1, 0.15) is 5.75 Å². The number of para-hydroxylation sites is 1. The molecule has 0 saturated carbocycles. The largest absolute Gasteiger partial charge is 0.454 e. The van der Waals surface area contributed by atoms with Crippen LogP contribution in [0.3, 0.4) is 0 Å². The third-order valence-corrected chi connectivity index (χ3v) is 4.71. The Bertz CT molecular complexity index is 761. The normalized spacial score (nSPS) is 15.2. The van der Waals surface area contributed by atoms with Crippen molar-refractivity contribution >= 4 is 11.7 Å². The topological polar surface area (TPSA) is 56.8 Å². The second kappa shape index (κ2) is 10.1. The van der Waals surface area contributed by atoms with Crippen molar-refractivity contribution in [1.82, 2.24) is 15.1 Å². The molecule has 2 N–H and O–H groups in total. The third kappa shape index (κ3) is 6.21. The number of rotatable bonds is 7. The van der Waals surface area contributed by atoms with Crippen LogP contribution < -0.4 is 15.4 Å². The average Bonchev–Trinajstić information content (AvgIpc) is 2.70. The van der Waals surface area contributed by atoms with E-state index in [1.807, 2.05) is 0 Å². The predicted octanol–water partition coefficient (Wildman–Crippen LogP) is 3.38. The average molecular weight is 386 g/mol. The second-order valence-corrected chi connectivity index (χ2v) is 6.94. The van der Waals surface area contributed by atoms with Crippen molar-refractivity contribution in [1.29, 1.82) is 0 Å². The maximum Gasteiger partial charge on any atom is 0.319 e. The van der Waals surface area contributed by atoms with E-state index in [9.17, 15) is 9.18 Å². The van der Waals surface area contributed by atoms with Gasteiger partial charge in [-0.05, 0) is 56.4 Å². The van der Waals surface area contributed by atoms with Crippen molar-refractivity contribution < 1.29 is 13.9 Å². The van der Waals surface area contributed by atoms with Crippen molar-refractivity contribution in [3.05, 3.63) is 54.3 Å². The van der Waals surface area contributed by atoms with Gasteiger partial charge in [0.15, 0.2) is 11.6 Å². The van der Waals surface area contributed by atoms with Crippen LogP contribution in [0.1, 0.15) is 6.42 Å². The standard InChI is InChI=1S/C21H27FN4O2/c1-25-13-15-26(16-14-25)12-4-11-23-21(27)24-17-7-9-18(10-8-17)28-20-6-3-2-5-19(20)22/h2-3,5-10H,4,11-16H2,1H3,(H2,23,24,27). The van der Waals surface area contributed by atoms with E-state index < -0.39 is 5.82 Å². The molecular formula is C21H27FN4O2. The molecule has 1 aliphatic heterocycles. The number of anilines is 1. The molecule has 7 heteroatoms. The van der Waals surface area contributed by atoms with Crippen molar-refractivity contribution in [2.75, 3.05) is 51.6 Å². The van der Waals surface area contributed by atoms with Crippen molar-refractivity contribution in [2.45, 2.75) is 6.42 Å². The molecule has 28 heavy (non-hydrogen) atoms. The minimum Gasteiger partial charge on any atom is -0.454 e. The van der Waals surface area contributed by atoms with E-state index in [0.717, 1.165) is 39.1 Å². The summed E-state index contributed by atoms with van der Waals surface area (Å²) >= 11 is 0. The Labute approximate surface area is 165 Å². The van der Waals surface area contributed by atoms with Gasteiger partial charge in [-0.3, -0.25) is 0 Å². The Kier molecular flexibility index (Phi) is 7.22. The summed E-state index contributed by atoms with van der Waals surface area (Å²) in [6, 6.07) is 12.8. The Morgan fingerprint density at radius 2 is 1.79 bits per heavy atom. The number of benzene rings is 2. The van der Waals surface area contributed by atoms with Gasteiger partial charge >= 0.3 is 6.03 Å². The molecular weight excluding hydrogens is 359 g/mol. The number of urea groups is 1. The van der Waals surface area contributed by atoms with Gasteiger partial charge in [0.25, 0.3) is 0 Å². The number of piperazine rings is 1. The van der Waals surface area contributed by atoms with E-state index in [4.69, 9.17) is 4.74 Å². The quantitative estimate of drug-likeness (QED) is 0.717. The first-order valence-corrected chi connectivity index (χ1v) is 9.58. The zero-order valence-corrected chi connectivity index (χ0v) is 16.2. The van der Waals surface area contributed by atoms with Crippen LogP contribution in [-0.2, 0) is 0 Å². The number of halogens is 1. The zero-order valence-electron chi connectivity index (χ0n) is 16.2. The summed E-state index contributed by atoms with van der Waals surface area (Å²) in [6.07, 6.45) is 0.923. The molecule has 1 saturated heterocycles. The number of hydrogen-bond donors (Lipinski definition) is 2. The fourth-order valence-electron chi connectivity index (χ4n) is 3.01. The van der Waals surface area contributed by atoms with E-state index in [2.05, 4.69) is 27.5 Å². The lowest BCUT2D eigenvalue weighted by atomic mass is 10.3. The van der Waals surface area contributed by atoms with Gasteiger partial charge in [0, 0.05) is 38.4 Å². The van der Waals surface area contributed by atoms with Gasteiger partial charge in [0.05, 0.1) is 0 Å². The van der Waals surface area contributed by atoms with E-state index in [1.165, 1.54) is 6.07 Å². The lowest BCUT2D eigenvalue weighted by Gasteiger charge is -2.32. The van der Waals surface area contributed by atoms with Crippen LogP contribution in [0.5, 0.6) is 11.5 Å². The van der Waals surface area contributed by atoms with Crippen LogP contribution in [0, 0.1) is 5.82 Å². The minimum atomic E-state index is -0.416. The predicted molar refractivity (Wildman–Crippen MR) is 108 cm³/mol. The summed E-state index contributed by atoms with van der Waals surface area (Å²) in [5.74, 6) is 0.255. The molecule has 0 aliphatic carbocycles. The van der Waals surface area contributed by atoms with Gasteiger partial charge in [-0.15, -0.1) is 0 Å². The molecule has 3 rings (SSSR count). The number of carbonyl (C=O) groups excluding carboxylic acids is 1. The number of hydrogen-bond acceptors (Lipinski definition) is 4. The molecule has 2 aromatic carbocycles. The number of likely N-dealkylation sites (N-methyl/N-ethyl adjacent to an activating group) is 1. The molecule has 2 aromatic rings. The van der Waals surface area contributed by atoms with E-state index >= 15 is 0 Å². The molecule has 0 atom stereocenters. The highest BCUT2D eigenvalue weighted by molar-refractivity contribution is 5.89. The highest BCUT2D eigenvalue weighted by Crippen LogP contribution is 2.25. The molecule has 0 aromatic heterocycles. The van der Waals surface area contributed by atoms with Crippen LogP contribution in [0.25, 0.3) is 0 Å². The number of carbonyl (C=O) groups is 1. The van der Waals surface area contributed by atoms with Crippen LogP contribution in [0.2, 0.25) is 0 Å². The molecule has 0 bridgehead atoms. The lowest BCUT2D eigenvalue weighted by Crippen LogP contribution is -2.45. The molecule has 0 spiro atoms. The van der Waals surface area contributed by atoms with E-state index in [-0.39, 0.29) is 11.8 Å². The van der Waals surface area contributed by atoms with Crippen molar-refractivity contribution in [3.63, 3.8) is 0 Å². The van der Waals surface area contributed by atoms with Gasteiger partial charge in [-0.1, -0.05) is 12.1 Å². The Hall–Kier alpha value is -2.64. The molecule has 0 unspecified atom stereocenters. The van der Waals surface area contributed by atoms with Crippen LogP contribution >= 0.6 is 0 Å². The highest BCUT2D eigenvalue weighted by Gasteiger charge is 2.13. The summed E-state index contributed by atoms with van der Waals surface area (Å²) < 4.78 is 19.1. The summed E-state index contributed by atoms with van der Waals surface area (Å²) in [5, 5.41) is 5.66. The summed E-state index contributed by atoms with van der Waals surface area (Å²) in [4.78, 5) is 16.8. The lowest BCUT2D eigenvalue weighted by molar-refractivity contribution is 0.153. The number of nitrogens with one attached hydrogen (secondary N) is 2. The molecule has 1 fully saturated rings. The third-order valence-electron chi connectivity index (χ3n) is 4.71. The Morgan fingerprint density at radius 1 is 1.07 bits per heavy atom. The van der Waals surface area contributed by atoms with Crippen LogP contribution in [-0.4, -0.2) is 62.1 Å². The van der Waals surface area contributed by atoms with Gasteiger partial charge in [-0.2, -0.15) is 0 Å². The first-order chi connectivity index (χ1) is 13.6. The first kappa shape index (κ1) is 20.1. The fourth-order valence-corrected chi connectivity index (χ4v) is 3.01. The maximum atomic E-state index is 13.6. The van der Waals surface area contributed by atoms with Gasteiger partial charge in [-0.25, -0.2) is 9.18 Å². The molecule has 1 aliphatic rings. The zero-order chi connectivity index (χ0) is 19.8. The number of nitrogens with zero attached hydrogens (tertiary/aromatic N) is 2. The second-order valence-electron chi connectivity index (χ2n) is 6.94. The molecule has 1 heterocycles. The monoisotopic (exact) mass is 386 g/mol. The smallest absolute Gasteiger partial charge is 0.319 e. The molecule has 6 nitrogen and oxygen atoms in total. The fraction of sp³-hybridized carbons (Fsp3) is 0.381. The van der Waals surface area contributed by atoms with Crippen molar-refractivity contribution in [2.24, 2.45) is 0 Å². The Morgan fingerprint density at radius 3 is 2.50 bits per heavy atom. The van der Waals surface area contributed by atoms with Crippen LogP contribution in [0.15, 0.2) is 48.5 Å². The summed E-state index contributed by atoms with van der Waals surface area (Å²) in [5.41, 5.74) is 0.650. The van der Waals surface area contributed by atoms with Gasteiger partial charge in [0.2, 0.25) is 0 Å². The molecule has 2 amide bonds. The van der Waals surface area contributed by atoms with Crippen molar-refractivity contribution in [3.8, 4) is 11.5 Å². The summed E-state index contributed by atoms with van der Waals surface area (Å²) in [6.45, 7) is 6.01. The number of amides is 2. The van der Waals surface area contributed by atoms with Crippen LogP contribution in [0.4, 0.5) is 14.9 Å². The van der Waals surface area contributed by atoms with E-state index in [0.29, 0.717) is 18.0 Å². The first-order valence-electron chi connectivity index (χ1n) is 9.58. The Balaban J connectivity index is 1.36. The highest BCUT2D eigenvalue weighted by atomic mass is 19.1. The molecule has 0 radical (unpaired) electrons. The number of ether oxygens (including phenoxy) is 1.